The Kier molecular flexibility index (Phi) is 1.80. The van der Waals surface area contributed by atoms with Crippen LogP contribution in [0, 0.1) is 0 Å². The zero-order chi connectivity index (χ0) is 6.69. The van der Waals surface area contributed by atoms with Crippen LogP contribution in [0.3, 0.4) is 0 Å². The van der Waals surface area contributed by atoms with Crippen LogP contribution in [0.5, 0.6) is 0 Å². The van der Waals surface area contributed by atoms with Crippen LogP contribution in [0.2, 0.25) is 0 Å². The van der Waals surface area contributed by atoms with Gasteiger partial charge in [-0.1, -0.05) is 29.5 Å². The fourth-order valence-corrected chi connectivity index (χ4v) is 0.978. The summed E-state index contributed by atoms with van der Waals surface area (Å²) in [5.41, 5.74) is 0.759. The van der Waals surface area contributed by atoms with Gasteiger partial charge < -0.3 is 0 Å². The van der Waals surface area contributed by atoms with E-state index in [9.17, 15) is 4.79 Å². The molecule has 9 heavy (non-hydrogen) atoms. The second-order valence-corrected chi connectivity index (χ2v) is 3.18. The molecule has 1 nitrogen and oxygen atoms in total. The van der Waals surface area contributed by atoms with E-state index in [0.717, 1.165) is 22.1 Å². The predicted octanol–water partition coefficient (Wildman–Crippen LogP) is -0.510. The van der Waals surface area contributed by atoms with Crippen molar-refractivity contribution in [2.45, 2.75) is 0 Å². The van der Waals surface area contributed by atoms with Gasteiger partial charge in [-0.25, -0.2) is 0 Å². The monoisotopic (exact) mass is 136 g/mol. The molecule has 0 fully saturated rings. The van der Waals surface area contributed by atoms with E-state index >= 15 is 0 Å². The molecular weight excluding hydrogens is 128 g/mol. The van der Waals surface area contributed by atoms with Crippen LogP contribution in [0.15, 0.2) is 24.3 Å². The van der Waals surface area contributed by atoms with E-state index in [1.807, 2.05) is 24.3 Å². The molecule has 0 aliphatic heterocycles. The van der Waals surface area contributed by atoms with Crippen LogP contribution < -0.4 is 5.19 Å². The van der Waals surface area contributed by atoms with E-state index in [-0.39, 0.29) is 0 Å². The maximum atomic E-state index is 10.1. The van der Waals surface area contributed by atoms with Gasteiger partial charge in [0.15, 0.2) is 0 Å². The maximum Gasteiger partial charge on any atom is 0.150 e. The van der Waals surface area contributed by atoms with Crippen molar-refractivity contribution in [3.8, 4) is 0 Å². The van der Waals surface area contributed by atoms with Crippen molar-refractivity contribution in [1.82, 2.24) is 0 Å². The summed E-state index contributed by atoms with van der Waals surface area (Å²) >= 11 is 0. The lowest BCUT2D eigenvalue weighted by Crippen LogP contribution is -1.99. The summed E-state index contributed by atoms with van der Waals surface area (Å²) in [5, 5.41) is 1.32. The highest BCUT2D eigenvalue weighted by atomic mass is 28.1. The molecule has 0 unspecified atom stereocenters. The van der Waals surface area contributed by atoms with Gasteiger partial charge in [-0.15, -0.1) is 0 Å². The van der Waals surface area contributed by atoms with Crippen LogP contribution in [-0.4, -0.2) is 16.5 Å². The van der Waals surface area contributed by atoms with E-state index in [1.165, 1.54) is 5.19 Å². The topological polar surface area (TPSA) is 17.1 Å². The number of carbonyl (C=O) groups is 1. The summed E-state index contributed by atoms with van der Waals surface area (Å²) in [6, 6.07) is 7.65. The Hall–Kier alpha value is -0.893. The molecule has 1 aromatic rings. The first-order valence-corrected chi connectivity index (χ1v) is 3.85. The van der Waals surface area contributed by atoms with Gasteiger partial charge >= 0.3 is 0 Å². The maximum absolute atomic E-state index is 10.1. The molecule has 2 heteroatoms. The SMILES string of the molecule is O=Cc1ccc([SiH3])cc1. The fourth-order valence-electron chi connectivity index (χ4n) is 0.645. The van der Waals surface area contributed by atoms with Crippen LogP contribution >= 0.6 is 0 Å². The third-order valence-electron chi connectivity index (χ3n) is 1.21. The van der Waals surface area contributed by atoms with Crippen LogP contribution in [0.1, 0.15) is 10.4 Å². The first kappa shape index (κ1) is 6.23. The Morgan fingerprint density at radius 3 is 2.22 bits per heavy atom. The Labute approximate surface area is 57.1 Å². The van der Waals surface area contributed by atoms with Gasteiger partial charge in [0, 0.05) is 15.8 Å². The summed E-state index contributed by atoms with van der Waals surface area (Å²) in [5.74, 6) is 0. The van der Waals surface area contributed by atoms with Gasteiger partial charge in [0.1, 0.15) is 6.29 Å². The molecule has 0 radical (unpaired) electrons. The van der Waals surface area contributed by atoms with Crippen molar-refractivity contribution < 1.29 is 4.79 Å². The van der Waals surface area contributed by atoms with E-state index < -0.39 is 0 Å². The first-order chi connectivity index (χ1) is 4.33. The molecule has 0 aliphatic carbocycles. The van der Waals surface area contributed by atoms with Crippen LogP contribution in [-0.2, 0) is 0 Å². The second kappa shape index (κ2) is 2.59. The minimum Gasteiger partial charge on any atom is -0.298 e. The zero-order valence-corrected chi connectivity index (χ0v) is 7.29. The van der Waals surface area contributed by atoms with Crippen LogP contribution in [0.4, 0.5) is 0 Å². The molecule has 0 heterocycles. The van der Waals surface area contributed by atoms with Gasteiger partial charge in [-0.05, 0) is 0 Å². The average molecular weight is 136 g/mol. The average Bonchev–Trinajstić information content (AvgIpc) is 1.90. The molecule has 46 valence electrons. The van der Waals surface area contributed by atoms with Gasteiger partial charge in [0.2, 0.25) is 0 Å². The molecular formula is C7H8OSi. The summed E-state index contributed by atoms with van der Waals surface area (Å²) < 4.78 is 0. The van der Waals surface area contributed by atoms with Crippen molar-refractivity contribution in [3.05, 3.63) is 29.8 Å². The van der Waals surface area contributed by atoms with Crippen molar-refractivity contribution in [2.75, 3.05) is 0 Å². The molecule has 0 aliphatic rings. The summed E-state index contributed by atoms with van der Waals surface area (Å²) in [6.45, 7) is 0. The zero-order valence-electron chi connectivity index (χ0n) is 5.29. The molecule has 0 amide bonds. The second-order valence-electron chi connectivity index (χ2n) is 2.03. The summed E-state index contributed by atoms with van der Waals surface area (Å²) in [4.78, 5) is 10.1. The van der Waals surface area contributed by atoms with Crippen molar-refractivity contribution in [3.63, 3.8) is 0 Å². The molecule has 0 saturated heterocycles. The molecule has 0 spiro atoms. The number of benzene rings is 1. The van der Waals surface area contributed by atoms with E-state index in [2.05, 4.69) is 0 Å². The summed E-state index contributed by atoms with van der Waals surface area (Å²) in [6.07, 6.45) is 0.862. The third-order valence-corrected chi connectivity index (χ3v) is 1.88. The standard InChI is InChI=1S/C7H8OSi/c8-5-6-1-3-7(9)4-2-6/h1-5H,9H3. The molecule has 0 atom stereocenters. The Morgan fingerprint density at radius 1 is 1.22 bits per heavy atom. The fraction of sp³-hybridized carbons (Fsp3) is 0. The van der Waals surface area contributed by atoms with Crippen molar-refractivity contribution in [2.24, 2.45) is 0 Å². The minimum absolute atomic E-state index is 0.759. The Balaban J connectivity index is 3.01. The Bertz CT molecular complexity index is 203. The van der Waals surface area contributed by atoms with Crippen LogP contribution in [0.25, 0.3) is 0 Å². The number of aldehydes is 1. The number of hydrogen-bond donors (Lipinski definition) is 0. The molecule has 0 N–H and O–H groups in total. The van der Waals surface area contributed by atoms with Gasteiger partial charge in [0.05, 0.1) is 0 Å². The van der Waals surface area contributed by atoms with E-state index in [0.29, 0.717) is 0 Å². The van der Waals surface area contributed by atoms with Gasteiger partial charge in [0.25, 0.3) is 0 Å². The lowest BCUT2D eigenvalue weighted by molar-refractivity contribution is 0.112. The Morgan fingerprint density at radius 2 is 1.78 bits per heavy atom. The highest BCUT2D eigenvalue weighted by Crippen LogP contribution is 1.89. The quantitative estimate of drug-likeness (QED) is 0.375. The number of carbonyl (C=O) groups excluding carboxylic acids is 1. The highest BCUT2D eigenvalue weighted by molar-refractivity contribution is 6.32. The van der Waals surface area contributed by atoms with Crippen molar-refractivity contribution >= 4 is 21.7 Å². The lowest BCUT2D eigenvalue weighted by atomic mass is 10.2. The molecule has 1 rings (SSSR count). The van der Waals surface area contributed by atoms with Gasteiger partial charge in [-0.2, -0.15) is 0 Å². The number of hydrogen-bond acceptors (Lipinski definition) is 1. The third kappa shape index (κ3) is 1.50. The lowest BCUT2D eigenvalue weighted by Gasteiger charge is -1.89. The molecule has 0 aromatic heterocycles. The van der Waals surface area contributed by atoms with E-state index in [4.69, 9.17) is 0 Å². The molecule has 0 bridgehead atoms. The first-order valence-electron chi connectivity index (χ1n) is 2.85. The van der Waals surface area contributed by atoms with E-state index in [1.54, 1.807) is 0 Å². The molecule has 0 saturated carbocycles. The number of rotatable bonds is 1. The predicted molar refractivity (Wildman–Crippen MR) is 41.4 cm³/mol. The van der Waals surface area contributed by atoms with Crippen molar-refractivity contribution in [1.29, 1.82) is 0 Å². The minimum atomic E-state index is 0.759. The normalized spacial score (nSPS) is 9.33. The van der Waals surface area contributed by atoms with Gasteiger partial charge in [-0.3, -0.25) is 4.79 Å². The molecule has 1 aromatic carbocycles. The summed E-state index contributed by atoms with van der Waals surface area (Å²) in [7, 11) is 1.06. The highest BCUT2D eigenvalue weighted by Gasteiger charge is 1.85. The smallest absolute Gasteiger partial charge is 0.150 e. The largest absolute Gasteiger partial charge is 0.298 e.